The second-order valence-electron chi connectivity index (χ2n) is 8.12. The lowest BCUT2D eigenvalue weighted by Crippen LogP contribution is -2.65. The third kappa shape index (κ3) is 6.20. The third-order valence-electron chi connectivity index (χ3n) is 5.76. The third-order valence-corrected chi connectivity index (χ3v) is 5.76. The van der Waals surface area contributed by atoms with E-state index in [4.69, 9.17) is 18.9 Å². The highest BCUT2D eigenvalue weighted by Gasteiger charge is 2.50. The zero-order valence-electron chi connectivity index (χ0n) is 18.2. The van der Waals surface area contributed by atoms with Crippen molar-refractivity contribution in [3.8, 4) is 0 Å². The molecule has 1 aromatic carbocycles. The lowest BCUT2D eigenvalue weighted by Gasteiger charge is -2.46. The van der Waals surface area contributed by atoms with Crippen LogP contribution >= 0.6 is 0 Å². The van der Waals surface area contributed by atoms with Gasteiger partial charge in [0.2, 0.25) is 0 Å². The van der Waals surface area contributed by atoms with E-state index in [-0.39, 0.29) is 13.2 Å². The maximum absolute atomic E-state index is 12.0. The summed E-state index contributed by atoms with van der Waals surface area (Å²) in [7, 11) is 0. The number of aliphatic hydroxyl groups is 7. The Hall–Kier alpha value is -1.91. The maximum atomic E-state index is 12.0. The Labute approximate surface area is 195 Å². The highest BCUT2D eigenvalue weighted by Crippen LogP contribution is 2.29. The Morgan fingerprint density at radius 3 is 2.12 bits per heavy atom. The molecule has 1 aromatic rings. The topological polar surface area (TPSA) is 208 Å². The molecular formula is C21H31NO12. The van der Waals surface area contributed by atoms with Crippen molar-refractivity contribution in [2.24, 2.45) is 0 Å². The molecular weight excluding hydrogens is 458 g/mol. The summed E-state index contributed by atoms with van der Waals surface area (Å²) in [4.78, 5) is 12.0. The van der Waals surface area contributed by atoms with E-state index >= 15 is 0 Å². The van der Waals surface area contributed by atoms with E-state index in [0.717, 1.165) is 5.56 Å². The predicted octanol–water partition coefficient (Wildman–Crippen LogP) is -3.42. The van der Waals surface area contributed by atoms with Gasteiger partial charge in [0, 0.05) is 6.54 Å². The SMILES string of the molecule is O=C(NC[C@@H]1O[C@H](CO)[C@@H](O[C@@H]2O[C@H](CO)[C@H](O)[C@H](O)[C@H]2O)[C@H](O)[C@H]1O)OCc1ccccc1. The van der Waals surface area contributed by atoms with Gasteiger partial charge in [-0.15, -0.1) is 0 Å². The number of aliphatic hydroxyl groups excluding tert-OH is 7. The minimum absolute atomic E-state index is 0.0254. The van der Waals surface area contributed by atoms with Crippen LogP contribution in [0.25, 0.3) is 0 Å². The lowest BCUT2D eigenvalue weighted by atomic mass is 9.94. The summed E-state index contributed by atoms with van der Waals surface area (Å²) in [5, 5.41) is 72.4. The van der Waals surface area contributed by atoms with Crippen molar-refractivity contribution in [1.29, 1.82) is 0 Å². The number of hydrogen-bond donors (Lipinski definition) is 8. The predicted molar refractivity (Wildman–Crippen MR) is 111 cm³/mol. The normalized spacial score (nSPS) is 38.3. The highest BCUT2D eigenvalue weighted by molar-refractivity contribution is 5.67. The molecule has 0 spiro atoms. The van der Waals surface area contributed by atoms with Gasteiger partial charge in [-0.1, -0.05) is 30.3 Å². The van der Waals surface area contributed by atoms with Crippen LogP contribution in [0.4, 0.5) is 4.79 Å². The summed E-state index contributed by atoms with van der Waals surface area (Å²) in [6.07, 6.45) is -15.7. The van der Waals surface area contributed by atoms with Crippen molar-refractivity contribution < 1.29 is 59.5 Å². The second-order valence-corrected chi connectivity index (χ2v) is 8.12. The first kappa shape index (κ1) is 26.7. The number of ether oxygens (including phenoxy) is 4. The van der Waals surface area contributed by atoms with Crippen molar-refractivity contribution in [3.63, 3.8) is 0 Å². The van der Waals surface area contributed by atoms with Gasteiger partial charge in [0.1, 0.15) is 61.5 Å². The van der Waals surface area contributed by atoms with Crippen LogP contribution < -0.4 is 5.32 Å². The van der Waals surface area contributed by atoms with Gasteiger partial charge in [-0.2, -0.15) is 0 Å². The first-order valence-electron chi connectivity index (χ1n) is 10.8. The molecule has 0 aromatic heterocycles. The molecule has 2 heterocycles. The minimum atomic E-state index is -1.75. The number of amides is 1. The van der Waals surface area contributed by atoms with Gasteiger partial charge < -0.3 is 60.0 Å². The van der Waals surface area contributed by atoms with Crippen LogP contribution in [0.5, 0.6) is 0 Å². The van der Waals surface area contributed by atoms with Gasteiger partial charge >= 0.3 is 6.09 Å². The fourth-order valence-corrected chi connectivity index (χ4v) is 3.79. The molecule has 2 saturated heterocycles. The zero-order chi connectivity index (χ0) is 24.8. The molecule has 2 aliphatic rings. The second kappa shape index (κ2) is 12.2. The number of benzene rings is 1. The number of carbonyl (C=O) groups is 1. The molecule has 8 N–H and O–H groups in total. The summed E-state index contributed by atoms with van der Waals surface area (Å²) in [5.41, 5.74) is 0.774. The number of hydrogen-bond acceptors (Lipinski definition) is 12. The number of nitrogens with one attached hydrogen (secondary N) is 1. The lowest BCUT2D eigenvalue weighted by molar-refractivity contribution is -0.341. The standard InChI is InChI=1S/C21H31NO12/c23-7-12-15(26)16(27)18(29)20(33-12)34-19-13(8-24)32-11(14(25)17(19)28)6-22-21(30)31-9-10-4-2-1-3-5-10/h1-5,11-20,23-29H,6-9H2,(H,22,30)/t11-,12+,13+,14-,15-,16-,17+,18+,19+,20-/m0/s1. The number of carbonyl (C=O) groups excluding carboxylic acids is 1. The summed E-state index contributed by atoms with van der Waals surface area (Å²) in [6, 6.07) is 8.96. The van der Waals surface area contributed by atoms with Crippen LogP contribution in [0.2, 0.25) is 0 Å². The van der Waals surface area contributed by atoms with E-state index < -0.39 is 80.5 Å². The number of alkyl carbamates (subject to hydrolysis) is 1. The molecule has 13 heteroatoms. The van der Waals surface area contributed by atoms with E-state index in [9.17, 15) is 40.5 Å². The average Bonchev–Trinajstić information content (AvgIpc) is 2.85. The molecule has 0 saturated carbocycles. The van der Waals surface area contributed by atoms with Gasteiger partial charge in [0.25, 0.3) is 0 Å². The van der Waals surface area contributed by atoms with Gasteiger partial charge in [-0.25, -0.2) is 4.79 Å². The summed E-state index contributed by atoms with van der Waals surface area (Å²) in [6.45, 7) is -1.58. The molecule has 10 atom stereocenters. The van der Waals surface area contributed by atoms with E-state index in [1.165, 1.54) is 0 Å². The van der Waals surface area contributed by atoms with Crippen LogP contribution in [0.15, 0.2) is 30.3 Å². The van der Waals surface area contributed by atoms with Crippen LogP contribution in [-0.4, -0.2) is 123 Å². The molecule has 192 valence electrons. The van der Waals surface area contributed by atoms with Crippen molar-refractivity contribution in [2.45, 2.75) is 67.8 Å². The quantitative estimate of drug-likeness (QED) is 0.180. The van der Waals surface area contributed by atoms with Gasteiger partial charge in [-0.3, -0.25) is 0 Å². The largest absolute Gasteiger partial charge is 0.445 e. The Balaban J connectivity index is 1.55. The van der Waals surface area contributed by atoms with Crippen molar-refractivity contribution in [2.75, 3.05) is 19.8 Å². The van der Waals surface area contributed by atoms with E-state index in [2.05, 4.69) is 5.32 Å². The number of rotatable bonds is 8. The van der Waals surface area contributed by atoms with E-state index in [1.54, 1.807) is 24.3 Å². The Morgan fingerprint density at radius 2 is 1.47 bits per heavy atom. The average molecular weight is 489 g/mol. The Bertz CT molecular complexity index is 765. The van der Waals surface area contributed by atoms with Crippen LogP contribution in [0.1, 0.15) is 5.56 Å². The Morgan fingerprint density at radius 1 is 0.824 bits per heavy atom. The first-order valence-corrected chi connectivity index (χ1v) is 10.8. The smallest absolute Gasteiger partial charge is 0.407 e. The van der Waals surface area contributed by atoms with E-state index in [0.29, 0.717) is 0 Å². The fraction of sp³-hybridized carbons (Fsp3) is 0.667. The van der Waals surface area contributed by atoms with E-state index in [1.807, 2.05) is 6.07 Å². The Kier molecular flexibility index (Phi) is 9.56. The monoisotopic (exact) mass is 489 g/mol. The summed E-state index contributed by atoms with van der Waals surface area (Å²) in [5.74, 6) is 0. The maximum Gasteiger partial charge on any atom is 0.407 e. The minimum Gasteiger partial charge on any atom is -0.445 e. The fourth-order valence-electron chi connectivity index (χ4n) is 3.79. The molecule has 34 heavy (non-hydrogen) atoms. The molecule has 0 bridgehead atoms. The molecule has 0 unspecified atom stereocenters. The summed E-state index contributed by atoms with van der Waals surface area (Å²) >= 11 is 0. The molecule has 3 rings (SSSR count). The van der Waals surface area contributed by atoms with Gasteiger partial charge in [0.05, 0.1) is 13.2 Å². The van der Waals surface area contributed by atoms with Gasteiger partial charge in [0.15, 0.2) is 6.29 Å². The van der Waals surface area contributed by atoms with Crippen molar-refractivity contribution >= 4 is 6.09 Å². The molecule has 13 nitrogen and oxygen atoms in total. The first-order chi connectivity index (χ1) is 16.3. The zero-order valence-corrected chi connectivity index (χ0v) is 18.2. The van der Waals surface area contributed by atoms with Crippen LogP contribution in [-0.2, 0) is 25.6 Å². The van der Waals surface area contributed by atoms with Crippen LogP contribution in [0, 0.1) is 0 Å². The molecule has 2 fully saturated rings. The molecule has 1 amide bonds. The van der Waals surface area contributed by atoms with Crippen molar-refractivity contribution in [3.05, 3.63) is 35.9 Å². The molecule has 2 aliphatic heterocycles. The molecule has 0 aliphatic carbocycles. The van der Waals surface area contributed by atoms with Gasteiger partial charge in [-0.05, 0) is 5.56 Å². The van der Waals surface area contributed by atoms with Crippen molar-refractivity contribution in [1.82, 2.24) is 5.32 Å². The highest BCUT2D eigenvalue weighted by atomic mass is 16.7. The summed E-state index contributed by atoms with van der Waals surface area (Å²) < 4.78 is 21.4. The van der Waals surface area contributed by atoms with Crippen LogP contribution in [0.3, 0.4) is 0 Å². The molecule has 0 radical (unpaired) electrons.